The zero-order chi connectivity index (χ0) is 13.0. The van der Waals surface area contributed by atoms with Crippen LogP contribution in [0.25, 0.3) is 0 Å². The number of nitriles is 2. The third kappa shape index (κ3) is 2.68. The third-order valence-corrected chi connectivity index (χ3v) is 2.21. The minimum Gasteiger partial charge on any atom is -0.503 e. The fourth-order valence-electron chi connectivity index (χ4n) is 0.862. The average molecular weight is 301 g/mol. The molecule has 0 saturated heterocycles. The zero-order valence-corrected chi connectivity index (χ0v) is 9.59. The Bertz CT molecular complexity index is 558. The second-order valence-corrected chi connectivity index (χ2v) is 3.53. The van der Waals surface area contributed by atoms with Gasteiger partial charge in [0.15, 0.2) is 11.6 Å². The molecule has 5 nitrogen and oxygen atoms in total. The van der Waals surface area contributed by atoms with Crippen LogP contribution in [0.2, 0.25) is 0 Å². The Morgan fingerprint density at radius 1 is 1.35 bits per heavy atom. The highest BCUT2D eigenvalue weighted by Crippen LogP contribution is 2.33. The van der Waals surface area contributed by atoms with Gasteiger partial charge in [0.05, 0.1) is 4.47 Å². The van der Waals surface area contributed by atoms with Crippen molar-refractivity contribution in [2.24, 2.45) is 5.10 Å². The number of benzene rings is 1. The van der Waals surface area contributed by atoms with Gasteiger partial charge in [-0.1, -0.05) is 0 Å². The monoisotopic (exact) mass is 300 g/mol. The van der Waals surface area contributed by atoms with Crippen molar-refractivity contribution >= 4 is 27.3 Å². The number of anilines is 1. The summed E-state index contributed by atoms with van der Waals surface area (Å²) in [5, 5.41) is 29.3. The summed E-state index contributed by atoms with van der Waals surface area (Å²) in [7, 11) is 0. The van der Waals surface area contributed by atoms with Gasteiger partial charge in [0.25, 0.3) is 0 Å². The summed E-state index contributed by atoms with van der Waals surface area (Å²) in [5.74, 6) is -3.71. The molecule has 0 aliphatic rings. The van der Waals surface area contributed by atoms with E-state index in [2.05, 4.69) is 26.5 Å². The topological polar surface area (TPSA) is 92.2 Å². The molecule has 0 radical (unpaired) electrons. The van der Waals surface area contributed by atoms with Crippen LogP contribution in [0.15, 0.2) is 15.6 Å². The fourth-order valence-corrected chi connectivity index (χ4v) is 1.26. The second-order valence-electron chi connectivity index (χ2n) is 2.68. The van der Waals surface area contributed by atoms with Gasteiger partial charge in [-0.25, -0.2) is 4.39 Å². The van der Waals surface area contributed by atoms with Crippen molar-refractivity contribution in [3.63, 3.8) is 0 Å². The van der Waals surface area contributed by atoms with E-state index in [0.717, 1.165) is 6.07 Å². The SMILES string of the molecule is N#CC(C#N)=NNc1cc(Br)c(F)c(F)c1O. The summed E-state index contributed by atoms with van der Waals surface area (Å²) in [6, 6.07) is 3.91. The second kappa shape index (κ2) is 5.23. The van der Waals surface area contributed by atoms with E-state index in [1.807, 2.05) is 0 Å². The molecule has 0 spiro atoms. The molecule has 0 saturated carbocycles. The molecule has 0 aliphatic carbocycles. The molecule has 2 N–H and O–H groups in total. The first kappa shape index (κ1) is 12.9. The summed E-state index contributed by atoms with van der Waals surface area (Å²) in [5.41, 5.74) is 1.28. The lowest BCUT2D eigenvalue weighted by Crippen LogP contribution is -1.99. The van der Waals surface area contributed by atoms with Crippen LogP contribution in [0.5, 0.6) is 5.75 Å². The number of nitrogens with one attached hydrogen (secondary N) is 1. The number of halogens is 3. The number of hydrogen-bond donors (Lipinski definition) is 2. The summed E-state index contributed by atoms with van der Waals surface area (Å²) < 4.78 is 25.8. The Labute approximate surface area is 103 Å². The predicted molar refractivity (Wildman–Crippen MR) is 58.0 cm³/mol. The minimum absolute atomic E-state index is 0.235. The van der Waals surface area contributed by atoms with Crippen LogP contribution in [0, 0.1) is 34.3 Å². The van der Waals surface area contributed by atoms with Gasteiger partial charge >= 0.3 is 0 Å². The molecule has 0 heterocycles. The average Bonchev–Trinajstić information content (AvgIpc) is 2.33. The van der Waals surface area contributed by atoms with Crippen molar-refractivity contribution in [2.75, 3.05) is 5.43 Å². The summed E-state index contributed by atoms with van der Waals surface area (Å²) in [4.78, 5) is 0. The van der Waals surface area contributed by atoms with Crippen molar-refractivity contribution in [1.82, 2.24) is 0 Å². The Kier molecular flexibility index (Phi) is 3.96. The number of phenolic OH excluding ortho intramolecular Hbond substituents is 1. The lowest BCUT2D eigenvalue weighted by atomic mass is 10.3. The van der Waals surface area contributed by atoms with Crippen LogP contribution in [-0.4, -0.2) is 10.8 Å². The maximum absolute atomic E-state index is 13.1. The lowest BCUT2D eigenvalue weighted by molar-refractivity contribution is 0.407. The number of rotatable bonds is 2. The highest BCUT2D eigenvalue weighted by atomic mass is 79.9. The molecule has 0 fully saturated rings. The molecule has 0 bridgehead atoms. The van der Waals surface area contributed by atoms with E-state index >= 15 is 0 Å². The minimum atomic E-state index is -1.47. The molecule has 1 aromatic carbocycles. The lowest BCUT2D eigenvalue weighted by Gasteiger charge is -2.06. The molecule has 0 unspecified atom stereocenters. The van der Waals surface area contributed by atoms with E-state index < -0.39 is 23.1 Å². The quantitative estimate of drug-likeness (QED) is 0.379. The van der Waals surface area contributed by atoms with E-state index in [9.17, 15) is 13.9 Å². The van der Waals surface area contributed by atoms with Crippen LogP contribution in [-0.2, 0) is 0 Å². The van der Waals surface area contributed by atoms with Gasteiger partial charge in [-0.3, -0.25) is 5.43 Å². The molecule has 1 aromatic rings. The van der Waals surface area contributed by atoms with Crippen LogP contribution < -0.4 is 5.43 Å². The fraction of sp³-hybridized carbons (Fsp3) is 0. The van der Waals surface area contributed by atoms with Crippen LogP contribution in [0.1, 0.15) is 0 Å². The first-order valence-corrected chi connectivity index (χ1v) is 4.81. The van der Waals surface area contributed by atoms with Gasteiger partial charge in [0, 0.05) is 0 Å². The maximum Gasteiger partial charge on any atom is 0.237 e. The molecule has 0 amide bonds. The Hall–Kier alpha value is -2.19. The van der Waals surface area contributed by atoms with Crippen LogP contribution in [0.4, 0.5) is 14.5 Å². The van der Waals surface area contributed by atoms with Gasteiger partial charge in [0.2, 0.25) is 11.5 Å². The van der Waals surface area contributed by atoms with Crippen LogP contribution in [0.3, 0.4) is 0 Å². The van der Waals surface area contributed by atoms with Crippen molar-refractivity contribution in [3.8, 4) is 17.9 Å². The highest BCUT2D eigenvalue weighted by Gasteiger charge is 2.16. The molecular formula is C9H3BrF2N4O. The summed E-state index contributed by atoms with van der Waals surface area (Å²) in [6.45, 7) is 0. The molecule has 17 heavy (non-hydrogen) atoms. The van der Waals surface area contributed by atoms with Crippen LogP contribution >= 0.6 is 15.9 Å². The molecule has 86 valence electrons. The van der Waals surface area contributed by atoms with E-state index in [0.29, 0.717) is 0 Å². The molecule has 0 atom stereocenters. The number of nitrogens with zero attached hydrogens (tertiary/aromatic N) is 3. The number of hydrogen-bond acceptors (Lipinski definition) is 5. The van der Waals surface area contributed by atoms with Gasteiger partial charge in [0.1, 0.15) is 17.8 Å². The van der Waals surface area contributed by atoms with E-state index in [1.165, 1.54) is 12.1 Å². The van der Waals surface area contributed by atoms with E-state index in [4.69, 9.17) is 10.5 Å². The molecule has 0 aromatic heterocycles. The van der Waals surface area contributed by atoms with Gasteiger partial charge < -0.3 is 5.11 Å². The van der Waals surface area contributed by atoms with E-state index in [-0.39, 0.29) is 10.2 Å². The molecule has 8 heteroatoms. The maximum atomic E-state index is 13.1. The largest absolute Gasteiger partial charge is 0.503 e. The predicted octanol–water partition coefficient (Wildman–Crippen LogP) is 2.25. The van der Waals surface area contributed by atoms with Crippen molar-refractivity contribution in [3.05, 3.63) is 22.2 Å². The first-order valence-electron chi connectivity index (χ1n) is 4.01. The van der Waals surface area contributed by atoms with Crippen molar-refractivity contribution in [2.45, 2.75) is 0 Å². The standard InChI is InChI=1S/C9H3BrF2N4O/c10-5-1-6(9(17)8(12)7(5)11)16-15-4(2-13)3-14/h1,16-17H. The highest BCUT2D eigenvalue weighted by molar-refractivity contribution is 9.10. The summed E-state index contributed by atoms with van der Waals surface area (Å²) >= 11 is 2.73. The van der Waals surface area contributed by atoms with Gasteiger partial charge in [-0.2, -0.15) is 20.0 Å². The Morgan fingerprint density at radius 3 is 2.47 bits per heavy atom. The number of aromatic hydroxyl groups is 1. The van der Waals surface area contributed by atoms with Gasteiger partial charge in [-0.05, 0) is 22.0 Å². The molecular weight excluding hydrogens is 298 g/mol. The normalized spacial score (nSPS) is 9.00. The Morgan fingerprint density at radius 2 is 1.94 bits per heavy atom. The molecule has 0 aliphatic heterocycles. The smallest absolute Gasteiger partial charge is 0.237 e. The molecule has 1 rings (SSSR count). The van der Waals surface area contributed by atoms with Crippen molar-refractivity contribution < 1.29 is 13.9 Å². The number of hydrazone groups is 1. The number of phenols is 1. The zero-order valence-electron chi connectivity index (χ0n) is 8.00. The third-order valence-electron chi connectivity index (χ3n) is 1.64. The van der Waals surface area contributed by atoms with E-state index in [1.54, 1.807) is 0 Å². The Balaban J connectivity index is 3.15. The van der Waals surface area contributed by atoms with Crippen molar-refractivity contribution in [1.29, 1.82) is 10.5 Å². The first-order chi connectivity index (χ1) is 8.01. The summed E-state index contributed by atoms with van der Waals surface area (Å²) in [6.07, 6.45) is 0. The van der Waals surface area contributed by atoms with Gasteiger partial charge in [-0.15, -0.1) is 0 Å².